The third kappa shape index (κ3) is 3.85. The summed E-state index contributed by atoms with van der Waals surface area (Å²) in [6.07, 6.45) is 0. The van der Waals surface area contributed by atoms with Gasteiger partial charge in [0.25, 0.3) is 5.91 Å². The molecule has 0 radical (unpaired) electrons. The van der Waals surface area contributed by atoms with Gasteiger partial charge in [-0.2, -0.15) is 0 Å². The molecular formula is C20H19N3O5. The Kier molecular flexibility index (Phi) is 5.39. The van der Waals surface area contributed by atoms with Crippen LogP contribution in [0.4, 0.5) is 4.79 Å². The van der Waals surface area contributed by atoms with Crippen LogP contribution in [-0.2, 0) is 20.9 Å². The minimum absolute atomic E-state index is 0.0881. The van der Waals surface area contributed by atoms with Crippen LogP contribution in [0.1, 0.15) is 24.1 Å². The van der Waals surface area contributed by atoms with E-state index in [4.69, 9.17) is 10.5 Å². The predicted octanol–water partition coefficient (Wildman–Crippen LogP) is 1.60. The van der Waals surface area contributed by atoms with Crippen molar-refractivity contribution in [3.05, 3.63) is 65.7 Å². The number of imide groups is 2. The zero-order valence-corrected chi connectivity index (χ0v) is 15.2. The summed E-state index contributed by atoms with van der Waals surface area (Å²) >= 11 is 0. The summed E-state index contributed by atoms with van der Waals surface area (Å²) in [6, 6.07) is 14.3. The van der Waals surface area contributed by atoms with Gasteiger partial charge in [0.05, 0.1) is 12.6 Å². The molecule has 1 saturated heterocycles. The fourth-order valence-corrected chi connectivity index (χ4v) is 2.95. The van der Waals surface area contributed by atoms with Gasteiger partial charge in [0.1, 0.15) is 5.75 Å². The molecule has 5 amide bonds. The molecule has 2 N–H and O–H groups in total. The maximum absolute atomic E-state index is 12.8. The summed E-state index contributed by atoms with van der Waals surface area (Å²) in [5, 5.41) is 0. The van der Waals surface area contributed by atoms with Crippen molar-refractivity contribution in [1.29, 1.82) is 0 Å². The number of hydrogen-bond acceptors (Lipinski definition) is 5. The van der Waals surface area contributed by atoms with Crippen molar-refractivity contribution in [2.75, 3.05) is 6.61 Å². The predicted molar refractivity (Wildman–Crippen MR) is 98.8 cm³/mol. The molecule has 8 heteroatoms. The van der Waals surface area contributed by atoms with Crippen molar-refractivity contribution in [1.82, 2.24) is 9.80 Å². The highest BCUT2D eigenvalue weighted by Crippen LogP contribution is 2.27. The summed E-state index contributed by atoms with van der Waals surface area (Å²) in [5.41, 5.74) is 6.37. The van der Waals surface area contributed by atoms with Crippen molar-refractivity contribution in [2.45, 2.75) is 19.5 Å². The van der Waals surface area contributed by atoms with Gasteiger partial charge in [0.15, 0.2) is 6.61 Å². The first-order valence-corrected chi connectivity index (χ1v) is 8.62. The monoisotopic (exact) mass is 381 g/mol. The number of nitrogens with two attached hydrogens (primary N) is 1. The quantitative estimate of drug-likeness (QED) is 0.579. The zero-order valence-electron chi connectivity index (χ0n) is 15.2. The first kappa shape index (κ1) is 19.1. The van der Waals surface area contributed by atoms with Gasteiger partial charge in [-0.25, -0.2) is 9.69 Å². The van der Waals surface area contributed by atoms with Gasteiger partial charge in [-0.1, -0.05) is 42.5 Å². The molecule has 1 fully saturated rings. The molecule has 144 valence electrons. The molecule has 1 atom stereocenters. The maximum Gasteiger partial charge on any atom is 0.335 e. The Labute approximate surface area is 161 Å². The van der Waals surface area contributed by atoms with Crippen LogP contribution >= 0.6 is 0 Å². The molecule has 28 heavy (non-hydrogen) atoms. The molecule has 0 spiro atoms. The average molecular weight is 381 g/mol. The Bertz CT molecular complexity index is 928. The van der Waals surface area contributed by atoms with Crippen LogP contribution in [0.15, 0.2) is 54.6 Å². The van der Waals surface area contributed by atoms with Crippen molar-refractivity contribution >= 4 is 23.8 Å². The van der Waals surface area contributed by atoms with Crippen molar-refractivity contribution in [3.63, 3.8) is 0 Å². The normalized spacial score (nSPS) is 15.1. The van der Waals surface area contributed by atoms with Crippen LogP contribution in [0.2, 0.25) is 0 Å². The average Bonchev–Trinajstić information content (AvgIpc) is 2.90. The highest BCUT2D eigenvalue weighted by atomic mass is 16.5. The van der Waals surface area contributed by atoms with E-state index in [0.717, 1.165) is 15.4 Å². The molecule has 1 unspecified atom stereocenters. The van der Waals surface area contributed by atoms with Gasteiger partial charge < -0.3 is 10.5 Å². The van der Waals surface area contributed by atoms with Crippen LogP contribution in [0.3, 0.4) is 0 Å². The van der Waals surface area contributed by atoms with E-state index < -0.39 is 29.8 Å². The highest BCUT2D eigenvalue weighted by molar-refractivity contribution is 6.44. The van der Waals surface area contributed by atoms with Crippen LogP contribution in [0, 0.1) is 0 Å². The minimum atomic E-state index is -0.878. The second-order valence-electron chi connectivity index (χ2n) is 6.34. The maximum atomic E-state index is 12.8. The molecule has 3 rings (SSSR count). The lowest BCUT2D eigenvalue weighted by molar-refractivity contribution is -0.144. The van der Waals surface area contributed by atoms with E-state index in [9.17, 15) is 19.2 Å². The smallest absolute Gasteiger partial charge is 0.335 e. The van der Waals surface area contributed by atoms with Crippen molar-refractivity contribution in [3.8, 4) is 5.75 Å². The number of hydrogen-bond donors (Lipinski definition) is 1. The van der Waals surface area contributed by atoms with Crippen LogP contribution in [-0.4, -0.2) is 40.2 Å². The van der Waals surface area contributed by atoms with Crippen LogP contribution < -0.4 is 10.5 Å². The standard InChI is InChI=1S/C20H19N3O5/c1-13(15-7-3-2-4-8-15)23-19(26)18(25)22(20(23)27)11-14-6-5-9-16(10-14)28-12-17(21)24/h2-10,13H,11-12H2,1H3,(H2,21,24). The van der Waals surface area contributed by atoms with E-state index in [-0.39, 0.29) is 13.2 Å². The van der Waals surface area contributed by atoms with E-state index in [1.54, 1.807) is 55.5 Å². The lowest BCUT2D eigenvalue weighted by Gasteiger charge is -2.22. The fraction of sp³-hybridized carbons (Fsp3) is 0.200. The molecule has 0 bridgehead atoms. The number of benzene rings is 2. The van der Waals surface area contributed by atoms with Crippen molar-refractivity contribution in [2.24, 2.45) is 5.73 Å². The first-order valence-electron chi connectivity index (χ1n) is 8.62. The summed E-state index contributed by atoms with van der Waals surface area (Å²) < 4.78 is 5.22. The van der Waals surface area contributed by atoms with Gasteiger partial charge in [0.2, 0.25) is 0 Å². The number of primary amides is 1. The lowest BCUT2D eigenvalue weighted by atomic mass is 10.1. The third-order valence-corrected chi connectivity index (χ3v) is 4.37. The Balaban J connectivity index is 1.77. The van der Waals surface area contributed by atoms with Crippen molar-refractivity contribution < 1.29 is 23.9 Å². The van der Waals surface area contributed by atoms with E-state index in [2.05, 4.69) is 0 Å². The molecule has 0 aliphatic carbocycles. The third-order valence-electron chi connectivity index (χ3n) is 4.37. The Morgan fingerprint density at radius 3 is 2.43 bits per heavy atom. The summed E-state index contributed by atoms with van der Waals surface area (Å²) in [5.74, 6) is -1.98. The Morgan fingerprint density at radius 2 is 1.75 bits per heavy atom. The molecule has 1 heterocycles. The highest BCUT2D eigenvalue weighted by Gasteiger charge is 2.46. The van der Waals surface area contributed by atoms with Gasteiger partial charge >= 0.3 is 17.8 Å². The first-order chi connectivity index (χ1) is 13.4. The molecular weight excluding hydrogens is 362 g/mol. The summed E-state index contributed by atoms with van der Waals surface area (Å²) in [4.78, 5) is 50.3. The second-order valence-corrected chi connectivity index (χ2v) is 6.34. The van der Waals surface area contributed by atoms with Crippen LogP contribution in [0.5, 0.6) is 5.75 Å². The van der Waals surface area contributed by atoms with Crippen LogP contribution in [0.25, 0.3) is 0 Å². The minimum Gasteiger partial charge on any atom is -0.484 e. The molecule has 8 nitrogen and oxygen atoms in total. The molecule has 1 aliphatic rings. The summed E-state index contributed by atoms with van der Waals surface area (Å²) in [7, 11) is 0. The molecule has 2 aromatic carbocycles. The van der Waals surface area contributed by atoms with E-state index >= 15 is 0 Å². The van der Waals surface area contributed by atoms with E-state index in [0.29, 0.717) is 11.3 Å². The molecule has 1 aliphatic heterocycles. The lowest BCUT2D eigenvalue weighted by Crippen LogP contribution is -2.35. The molecule has 0 aromatic heterocycles. The number of carbonyl (C=O) groups is 4. The topological polar surface area (TPSA) is 110 Å². The number of nitrogens with zero attached hydrogens (tertiary/aromatic N) is 2. The van der Waals surface area contributed by atoms with Gasteiger partial charge in [-0.15, -0.1) is 0 Å². The number of carbonyl (C=O) groups excluding carboxylic acids is 4. The van der Waals surface area contributed by atoms with E-state index in [1.807, 2.05) is 6.07 Å². The Hall–Kier alpha value is -3.68. The fourth-order valence-electron chi connectivity index (χ4n) is 2.95. The largest absolute Gasteiger partial charge is 0.484 e. The number of urea groups is 1. The SMILES string of the molecule is CC(c1ccccc1)N1C(=O)C(=O)N(Cc2cccc(OCC(N)=O)c2)C1=O. The van der Waals surface area contributed by atoms with E-state index in [1.165, 1.54) is 0 Å². The number of amides is 5. The second kappa shape index (κ2) is 7.91. The summed E-state index contributed by atoms with van der Waals surface area (Å²) in [6.45, 7) is 1.32. The molecule has 0 saturated carbocycles. The van der Waals surface area contributed by atoms with Gasteiger partial charge in [0, 0.05) is 0 Å². The van der Waals surface area contributed by atoms with Gasteiger partial charge in [-0.3, -0.25) is 19.3 Å². The number of ether oxygens (including phenoxy) is 1. The van der Waals surface area contributed by atoms with Gasteiger partial charge in [-0.05, 0) is 30.2 Å². The molecule has 2 aromatic rings. The Morgan fingerprint density at radius 1 is 1.04 bits per heavy atom. The number of rotatable bonds is 7. The zero-order chi connectivity index (χ0) is 20.3.